The lowest BCUT2D eigenvalue weighted by Crippen LogP contribution is -2.47. The van der Waals surface area contributed by atoms with Crippen molar-refractivity contribution in [2.45, 2.75) is 31.6 Å². The van der Waals surface area contributed by atoms with Crippen LogP contribution in [0.5, 0.6) is 5.75 Å². The van der Waals surface area contributed by atoms with Crippen LogP contribution in [0, 0.1) is 0 Å². The Morgan fingerprint density at radius 3 is 2.45 bits per heavy atom. The van der Waals surface area contributed by atoms with Crippen molar-refractivity contribution in [2.75, 3.05) is 13.7 Å². The Hall–Kier alpha value is -3.59. The van der Waals surface area contributed by atoms with E-state index in [1.165, 1.54) is 7.11 Å². The molecule has 0 aromatic heterocycles. The van der Waals surface area contributed by atoms with Gasteiger partial charge in [0.1, 0.15) is 18.4 Å². The first-order chi connectivity index (χ1) is 14.9. The Balaban J connectivity index is 1.75. The fraction of sp³-hybridized carbons (Fsp3) is 0.318. The van der Waals surface area contributed by atoms with Crippen molar-refractivity contribution in [3.8, 4) is 5.75 Å². The van der Waals surface area contributed by atoms with Gasteiger partial charge in [-0.15, -0.1) is 0 Å². The third kappa shape index (κ3) is 8.75. The van der Waals surface area contributed by atoms with Crippen molar-refractivity contribution < 1.29 is 29.0 Å². The van der Waals surface area contributed by atoms with Crippen molar-refractivity contribution in [1.82, 2.24) is 10.6 Å². The zero-order chi connectivity index (χ0) is 22.6. The fourth-order valence-electron chi connectivity index (χ4n) is 2.77. The highest BCUT2D eigenvalue weighted by Crippen LogP contribution is 2.14. The van der Waals surface area contributed by atoms with E-state index < -0.39 is 30.1 Å². The molecule has 0 aliphatic carbocycles. The predicted octanol–water partition coefficient (Wildman–Crippen LogP) is 0.885. The van der Waals surface area contributed by atoms with Crippen molar-refractivity contribution >= 4 is 17.9 Å². The molecular weight excluding hydrogens is 402 g/mol. The molecule has 0 heterocycles. The number of methoxy groups -OCH3 is 1. The highest BCUT2D eigenvalue weighted by atomic mass is 16.5. The molecule has 0 spiro atoms. The number of rotatable bonds is 11. The third-order valence-electron chi connectivity index (χ3n) is 4.37. The van der Waals surface area contributed by atoms with Crippen molar-refractivity contribution in [1.29, 1.82) is 0 Å². The normalized spacial score (nSPS) is 12.3. The average Bonchev–Trinajstić information content (AvgIpc) is 2.76. The molecular formula is C22H27N3O6. The lowest BCUT2D eigenvalue weighted by Gasteiger charge is -2.18. The Morgan fingerprint density at radius 1 is 1.06 bits per heavy atom. The molecule has 0 bridgehead atoms. The van der Waals surface area contributed by atoms with Gasteiger partial charge in [-0.05, 0) is 23.3 Å². The van der Waals surface area contributed by atoms with E-state index in [-0.39, 0.29) is 26.0 Å². The zero-order valence-electron chi connectivity index (χ0n) is 17.2. The summed E-state index contributed by atoms with van der Waals surface area (Å²) in [6.45, 7) is -0.0913. The predicted molar refractivity (Wildman–Crippen MR) is 113 cm³/mol. The Bertz CT molecular complexity index is 875. The maximum atomic E-state index is 12.2. The van der Waals surface area contributed by atoms with Gasteiger partial charge in [-0.25, -0.2) is 4.79 Å². The molecule has 3 amide bonds. The van der Waals surface area contributed by atoms with Crippen LogP contribution in [-0.4, -0.2) is 48.8 Å². The second-order valence-electron chi connectivity index (χ2n) is 6.88. The van der Waals surface area contributed by atoms with Crippen LogP contribution in [0.15, 0.2) is 54.6 Å². The SMILES string of the molecule is COc1cccc(C[C@@H](NC(=O)C[C@@H](O)CNC(=O)OCc2ccccc2)C(N)=O)c1. The lowest BCUT2D eigenvalue weighted by molar-refractivity contribution is -0.128. The lowest BCUT2D eigenvalue weighted by atomic mass is 10.0. The standard InChI is InChI=1S/C22H27N3O6/c1-30-18-9-5-8-16(10-18)11-19(21(23)28)25-20(27)12-17(26)13-24-22(29)31-14-15-6-3-2-4-7-15/h2-10,17,19,26H,11-14H2,1H3,(H2,23,28)(H,24,29)(H,25,27)/t17-,19-/m1/s1. The summed E-state index contributed by atoms with van der Waals surface area (Å²) in [6.07, 6.45) is -2.01. The molecule has 31 heavy (non-hydrogen) atoms. The molecule has 0 radical (unpaired) electrons. The monoisotopic (exact) mass is 429 g/mol. The van der Waals surface area contributed by atoms with Crippen LogP contribution in [0.3, 0.4) is 0 Å². The Labute approximate surface area is 180 Å². The summed E-state index contributed by atoms with van der Waals surface area (Å²) in [7, 11) is 1.53. The van der Waals surface area contributed by atoms with Gasteiger partial charge in [-0.1, -0.05) is 42.5 Å². The van der Waals surface area contributed by atoms with E-state index in [1.807, 2.05) is 30.3 Å². The number of benzene rings is 2. The van der Waals surface area contributed by atoms with Crippen LogP contribution in [0.1, 0.15) is 17.5 Å². The van der Waals surface area contributed by atoms with E-state index in [9.17, 15) is 19.5 Å². The number of aliphatic hydroxyl groups excluding tert-OH is 1. The summed E-state index contributed by atoms with van der Waals surface area (Å²) in [5.41, 5.74) is 6.97. The van der Waals surface area contributed by atoms with Crippen LogP contribution < -0.4 is 21.1 Å². The Kier molecular flexibility index (Phi) is 9.31. The van der Waals surface area contributed by atoms with Gasteiger partial charge in [-0.3, -0.25) is 9.59 Å². The van der Waals surface area contributed by atoms with Gasteiger partial charge in [0, 0.05) is 13.0 Å². The molecule has 0 aliphatic heterocycles. The molecule has 0 saturated carbocycles. The molecule has 9 heteroatoms. The summed E-state index contributed by atoms with van der Waals surface area (Å²) in [6, 6.07) is 15.2. The van der Waals surface area contributed by atoms with Crippen LogP contribution in [0.4, 0.5) is 4.79 Å². The number of primary amides is 1. The van der Waals surface area contributed by atoms with Gasteiger partial charge in [0.25, 0.3) is 0 Å². The van der Waals surface area contributed by atoms with E-state index in [0.717, 1.165) is 11.1 Å². The highest BCUT2D eigenvalue weighted by Gasteiger charge is 2.21. The number of hydrogen-bond acceptors (Lipinski definition) is 6. The van der Waals surface area contributed by atoms with Crippen LogP contribution >= 0.6 is 0 Å². The molecule has 0 aliphatic rings. The number of nitrogens with two attached hydrogens (primary N) is 1. The molecule has 9 nitrogen and oxygen atoms in total. The number of aliphatic hydroxyl groups is 1. The largest absolute Gasteiger partial charge is 0.497 e. The molecule has 0 saturated heterocycles. The van der Waals surface area contributed by atoms with Crippen molar-refractivity contribution in [3.63, 3.8) is 0 Å². The topological polar surface area (TPSA) is 140 Å². The molecule has 2 aromatic rings. The maximum absolute atomic E-state index is 12.2. The summed E-state index contributed by atoms with van der Waals surface area (Å²) in [5.74, 6) is -0.653. The summed E-state index contributed by atoms with van der Waals surface area (Å²) >= 11 is 0. The molecule has 0 fully saturated rings. The van der Waals surface area contributed by atoms with Crippen molar-refractivity contribution in [3.05, 3.63) is 65.7 Å². The number of alkyl carbamates (subject to hydrolysis) is 1. The summed E-state index contributed by atoms with van der Waals surface area (Å²) < 4.78 is 10.2. The first kappa shape index (κ1) is 23.7. The zero-order valence-corrected chi connectivity index (χ0v) is 17.2. The quantitative estimate of drug-likeness (QED) is 0.418. The minimum atomic E-state index is -1.16. The van der Waals surface area contributed by atoms with Gasteiger partial charge in [0.15, 0.2) is 0 Å². The molecule has 5 N–H and O–H groups in total. The smallest absolute Gasteiger partial charge is 0.407 e. The molecule has 2 rings (SSSR count). The van der Waals surface area contributed by atoms with Crippen molar-refractivity contribution in [2.24, 2.45) is 5.73 Å². The minimum absolute atomic E-state index is 0.0911. The average molecular weight is 429 g/mol. The fourth-order valence-corrected chi connectivity index (χ4v) is 2.77. The van der Waals surface area contributed by atoms with E-state index in [0.29, 0.717) is 5.75 Å². The molecule has 2 aromatic carbocycles. The van der Waals surface area contributed by atoms with E-state index in [4.69, 9.17) is 15.2 Å². The third-order valence-corrected chi connectivity index (χ3v) is 4.37. The number of carbonyl (C=O) groups is 3. The van der Waals surface area contributed by atoms with Gasteiger partial charge in [-0.2, -0.15) is 0 Å². The number of ether oxygens (including phenoxy) is 2. The van der Waals surface area contributed by atoms with Crippen LogP contribution in [0.2, 0.25) is 0 Å². The Morgan fingerprint density at radius 2 is 1.77 bits per heavy atom. The van der Waals surface area contributed by atoms with Crippen LogP contribution in [-0.2, 0) is 27.4 Å². The molecule has 0 unspecified atom stereocenters. The molecule has 2 atom stereocenters. The minimum Gasteiger partial charge on any atom is -0.497 e. The summed E-state index contributed by atoms with van der Waals surface area (Å²) in [4.78, 5) is 35.6. The van der Waals surface area contributed by atoms with E-state index in [2.05, 4.69) is 10.6 Å². The number of amides is 3. The van der Waals surface area contributed by atoms with E-state index in [1.54, 1.807) is 24.3 Å². The highest BCUT2D eigenvalue weighted by molar-refractivity contribution is 5.87. The first-order valence-corrected chi connectivity index (χ1v) is 9.71. The maximum Gasteiger partial charge on any atom is 0.407 e. The van der Waals surface area contributed by atoms with Crippen LogP contribution in [0.25, 0.3) is 0 Å². The number of nitrogens with one attached hydrogen (secondary N) is 2. The first-order valence-electron chi connectivity index (χ1n) is 9.71. The second kappa shape index (κ2) is 12.2. The number of carbonyl (C=O) groups excluding carboxylic acids is 3. The van der Waals surface area contributed by atoms with Gasteiger partial charge >= 0.3 is 6.09 Å². The van der Waals surface area contributed by atoms with Gasteiger partial charge in [0.2, 0.25) is 11.8 Å². The van der Waals surface area contributed by atoms with Gasteiger partial charge in [0.05, 0.1) is 19.6 Å². The molecule has 166 valence electrons. The number of hydrogen-bond donors (Lipinski definition) is 4. The van der Waals surface area contributed by atoms with E-state index >= 15 is 0 Å². The van der Waals surface area contributed by atoms with Gasteiger partial charge < -0.3 is 30.9 Å². The second-order valence-corrected chi connectivity index (χ2v) is 6.88. The summed E-state index contributed by atoms with van der Waals surface area (Å²) in [5, 5.41) is 14.9.